The van der Waals surface area contributed by atoms with Crippen molar-refractivity contribution in [2.75, 3.05) is 31.6 Å². The fourth-order valence-corrected chi connectivity index (χ4v) is 4.99. The van der Waals surface area contributed by atoms with Crippen molar-refractivity contribution in [2.45, 2.75) is 52.2 Å². The molecule has 0 saturated carbocycles. The summed E-state index contributed by atoms with van der Waals surface area (Å²) in [5.74, 6) is -0.419. The average molecular weight is 366 g/mol. The van der Waals surface area contributed by atoms with E-state index in [-0.39, 0.29) is 24.1 Å². The zero-order valence-corrected chi connectivity index (χ0v) is 15.9. The van der Waals surface area contributed by atoms with Gasteiger partial charge in [0.1, 0.15) is 5.00 Å². The summed E-state index contributed by atoms with van der Waals surface area (Å²) in [5, 5.41) is 3.59. The van der Waals surface area contributed by atoms with Crippen LogP contribution in [0.15, 0.2) is 0 Å². The number of fused-ring (bicyclic) bond motifs is 1. The first-order valence-electron chi connectivity index (χ1n) is 8.97. The molecule has 25 heavy (non-hydrogen) atoms. The molecule has 1 N–H and O–H groups in total. The molecule has 1 amide bonds. The third kappa shape index (κ3) is 4.22. The lowest BCUT2D eigenvalue weighted by Crippen LogP contribution is -2.48. The highest BCUT2D eigenvalue weighted by Crippen LogP contribution is 2.39. The smallest absolute Gasteiger partial charge is 0.341 e. The molecule has 1 saturated heterocycles. The first-order valence-corrected chi connectivity index (χ1v) is 9.78. The van der Waals surface area contributed by atoms with E-state index >= 15 is 0 Å². The number of esters is 1. The Labute approximate surface area is 152 Å². The molecule has 1 aliphatic carbocycles. The number of carbonyl (C=O) groups excluding carboxylic acids is 2. The minimum atomic E-state index is -0.328. The Morgan fingerprint density at radius 3 is 2.68 bits per heavy atom. The third-order valence-corrected chi connectivity index (χ3v) is 5.72. The zero-order valence-electron chi connectivity index (χ0n) is 15.1. The molecule has 138 valence electrons. The van der Waals surface area contributed by atoms with Gasteiger partial charge in [0.2, 0.25) is 5.91 Å². The number of anilines is 1. The lowest BCUT2D eigenvalue weighted by molar-refractivity contribution is -0.121. The van der Waals surface area contributed by atoms with Crippen LogP contribution in [0.4, 0.5) is 5.00 Å². The highest BCUT2D eigenvalue weighted by atomic mass is 32.1. The quantitative estimate of drug-likeness (QED) is 0.811. The van der Waals surface area contributed by atoms with Crippen molar-refractivity contribution >= 4 is 28.2 Å². The Hall–Kier alpha value is -1.44. The topological polar surface area (TPSA) is 67.9 Å². The molecule has 1 aliphatic heterocycles. The molecule has 0 bridgehead atoms. The summed E-state index contributed by atoms with van der Waals surface area (Å²) in [6.07, 6.45) is 3.16. The van der Waals surface area contributed by atoms with Crippen LogP contribution in [0.5, 0.6) is 0 Å². The molecule has 7 heteroatoms. The van der Waals surface area contributed by atoms with E-state index in [0.29, 0.717) is 23.7 Å². The van der Waals surface area contributed by atoms with Gasteiger partial charge in [-0.3, -0.25) is 9.69 Å². The first kappa shape index (κ1) is 18.4. The number of morpholine rings is 1. The number of carbonyl (C=O) groups is 2. The average Bonchev–Trinajstić information content (AvgIpc) is 3.06. The van der Waals surface area contributed by atoms with Gasteiger partial charge in [0.25, 0.3) is 0 Å². The maximum absolute atomic E-state index is 12.5. The van der Waals surface area contributed by atoms with Gasteiger partial charge in [0.05, 0.1) is 30.9 Å². The molecular weight excluding hydrogens is 340 g/mol. The molecule has 6 nitrogen and oxygen atoms in total. The van der Waals surface area contributed by atoms with Crippen molar-refractivity contribution in [3.05, 3.63) is 16.0 Å². The van der Waals surface area contributed by atoms with Gasteiger partial charge in [0, 0.05) is 18.0 Å². The van der Waals surface area contributed by atoms with E-state index in [1.165, 1.54) is 16.2 Å². The fourth-order valence-electron chi connectivity index (χ4n) is 3.69. The normalized spacial score (nSPS) is 23.3. The summed E-state index contributed by atoms with van der Waals surface area (Å²) in [6, 6.07) is 0. The molecule has 0 spiro atoms. The van der Waals surface area contributed by atoms with Crippen molar-refractivity contribution in [1.82, 2.24) is 4.90 Å². The Morgan fingerprint density at radius 1 is 1.28 bits per heavy atom. The number of amides is 1. The van der Waals surface area contributed by atoms with Crippen molar-refractivity contribution in [2.24, 2.45) is 0 Å². The summed E-state index contributed by atoms with van der Waals surface area (Å²) in [7, 11) is 0. The number of rotatable bonds is 5. The standard InChI is InChI=1S/C18H26N2O4S/c1-4-23-18(22)16-13-6-5-7-14(13)25-17(16)19-15(21)10-20-8-11(2)24-12(3)9-20/h11-12H,4-10H2,1-3H3,(H,19,21)/t11-,12-/m0/s1. The highest BCUT2D eigenvalue weighted by molar-refractivity contribution is 7.17. The van der Waals surface area contributed by atoms with E-state index in [1.807, 2.05) is 13.8 Å². The molecule has 1 aromatic rings. The van der Waals surface area contributed by atoms with Gasteiger partial charge in [-0.1, -0.05) is 0 Å². The van der Waals surface area contributed by atoms with E-state index in [4.69, 9.17) is 9.47 Å². The van der Waals surface area contributed by atoms with Gasteiger partial charge in [-0.05, 0) is 45.6 Å². The number of nitrogens with zero attached hydrogens (tertiary/aromatic N) is 1. The number of aryl methyl sites for hydroxylation is 1. The molecule has 1 fully saturated rings. The van der Waals surface area contributed by atoms with E-state index < -0.39 is 0 Å². The van der Waals surface area contributed by atoms with Gasteiger partial charge in [-0.15, -0.1) is 11.3 Å². The van der Waals surface area contributed by atoms with Gasteiger partial charge < -0.3 is 14.8 Å². The molecule has 1 aromatic heterocycles. The summed E-state index contributed by atoms with van der Waals surface area (Å²) < 4.78 is 10.9. The second-order valence-corrected chi connectivity index (χ2v) is 7.89. The minimum Gasteiger partial charge on any atom is -0.462 e. The van der Waals surface area contributed by atoms with Crippen molar-refractivity contribution in [3.63, 3.8) is 0 Å². The van der Waals surface area contributed by atoms with Crippen LogP contribution in [-0.2, 0) is 27.1 Å². The van der Waals surface area contributed by atoms with Crippen LogP contribution >= 0.6 is 11.3 Å². The number of nitrogens with one attached hydrogen (secondary N) is 1. The fraction of sp³-hybridized carbons (Fsp3) is 0.667. The molecule has 0 unspecified atom stereocenters. The van der Waals surface area contributed by atoms with Gasteiger partial charge in [-0.2, -0.15) is 0 Å². The molecule has 2 heterocycles. The largest absolute Gasteiger partial charge is 0.462 e. The SMILES string of the molecule is CCOC(=O)c1c(NC(=O)CN2C[C@H](C)O[C@@H](C)C2)sc2c1CCC2. The summed E-state index contributed by atoms with van der Waals surface area (Å²) in [5.41, 5.74) is 1.63. The summed E-state index contributed by atoms with van der Waals surface area (Å²) >= 11 is 1.52. The third-order valence-electron chi connectivity index (χ3n) is 4.52. The van der Waals surface area contributed by atoms with E-state index in [9.17, 15) is 9.59 Å². The van der Waals surface area contributed by atoms with E-state index in [1.54, 1.807) is 6.92 Å². The Balaban J connectivity index is 1.70. The van der Waals surface area contributed by atoms with Crippen LogP contribution < -0.4 is 5.32 Å². The molecular formula is C18H26N2O4S. The van der Waals surface area contributed by atoms with Crippen molar-refractivity contribution < 1.29 is 19.1 Å². The summed E-state index contributed by atoms with van der Waals surface area (Å²) in [6.45, 7) is 7.95. The molecule has 2 aliphatic rings. The monoisotopic (exact) mass is 366 g/mol. The number of hydrogen-bond acceptors (Lipinski definition) is 6. The maximum Gasteiger partial charge on any atom is 0.341 e. The lowest BCUT2D eigenvalue weighted by Gasteiger charge is -2.34. The predicted octanol–water partition coefficient (Wildman–Crippen LogP) is 2.46. The van der Waals surface area contributed by atoms with Crippen LogP contribution in [0.3, 0.4) is 0 Å². The Bertz CT molecular complexity index is 648. The van der Waals surface area contributed by atoms with Gasteiger partial charge in [-0.25, -0.2) is 4.79 Å². The predicted molar refractivity (Wildman–Crippen MR) is 97.4 cm³/mol. The Morgan fingerprint density at radius 2 is 2.00 bits per heavy atom. The second-order valence-electron chi connectivity index (χ2n) is 6.78. The van der Waals surface area contributed by atoms with Crippen LogP contribution in [0.1, 0.15) is 48.0 Å². The van der Waals surface area contributed by atoms with Crippen molar-refractivity contribution in [3.8, 4) is 0 Å². The lowest BCUT2D eigenvalue weighted by atomic mass is 10.1. The van der Waals surface area contributed by atoms with Crippen LogP contribution in [-0.4, -0.2) is 55.2 Å². The molecule has 0 aromatic carbocycles. The number of hydrogen-bond donors (Lipinski definition) is 1. The zero-order chi connectivity index (χ0) is 18.0. The number of ether oxygens (including phenoxy) is 2. The Kier molecular flexibility index (Phi) is 5.76. The van der Waals surface area contributed by atoms with Crippen molar-refractivity contribution in [1.29, 1.82) is 0 Å². The first-order chi connectivity index (χ1) is 12.0. The van der Waals surface area contributed by atoms with E-state index in [0.717, 1.165) is 37.9 Å². The van der Waals surface area contributed by atoms with E-state index in [2.05, 4.69) is 10.2 Å². The van der Waals surface area contributed by atoms with Crippen LogP contribution in [0.25, 0.3) is 0 Å². The highest BCUT2D eigenvalue weighted by Gasteiger charge is 2.29. The summed E-state index contributed by atoms with van der Waals surface area (Å²) in [4.78, 5) is 28.2. The van der Waals surface area contributed by atoms with Gasteiger partial charge in [0.15, 0.2) is 0 Å². The van der Waals surface area contributed by atoms with Crippen LogP contribution in [0, 0.1) is 0 Å². The minimum absolute atomic E-state index is 0.0910. The van der Waals surface area contributed by atoms with Crippen LogP contribution in [0.2, 0.25) is 0 Å². The molecule has 0 radical (unpaired) electrons. The molecule has 2 atom stereocenters. The maximum atomic E-state index is 12.5. The van der Waals surface area contributed by atoms with Gasteiger partial charge >= 0.3 is 5.97 Å². The number of thiophene rings is 1. The second kappa shape index (κ2) is 7.85. The molecule has 3 rings (SSSR count).